The number of nitrogens with zero attached hydrogens (tertiary/aromatic N) is 4. The van der Waals surface area contributed by atoms with E-state index in [2.05, 4.69) is 10.6 Å². The minimum absolute atomic E-state index is 0.423. The summed E-state index contributed by atoms with van der Waals surface area (Å²) >= 11 is 0. The van der Waals surface area contributed by atoms with E-state index >= 15 is 0 Å². The van der Waals surface area contributed by atoms with Crippen LogP contribution in [0.2, 0.25) is 0 Å². The monoisotopic (exact) mass is 291 g/mol. The fourth-order valence-corrected chi connectivity index (χ4v) is 1.20. The highest BCUT2D eigenvalue weighted by molar-refractivity contribution is 5.13. The Balaban J connectivity index is 3.33. The maximum atomic E-state index is 10.5. The second-order valence-corrected chi connectivity index (χ2v) is 3.08. The molecule has 0 atom stereocenters. The van der Waals surface area contributed by atoms with Crippen LogP contribution in [-0.4, -0.2) is 26.4 Å². The molecule has 1 aliphatic rings. The Morgan fingerprint density at radius 1 is 0.750 bits per heavy atom. The van der Waals surface area contributed by atoms with Crippen molar-refractivity contribution in [2.75, 3.05) is 6.67 Å². The first kappa shape index (κ1) is 14.5. The van der Waals surface area contributed by atoms with Crippen LogP contribution in [0.15, 0.2) is 23.3 Å². The summed E-state index contributed by atoms with van der Waals surface area (Å²) in [6, 6.07) is 0. The van der Waals surface area contributed by atoms with Gasteiger partial charge in [-0.05, 0) is 0 Å². The molecule has 0 aromatic rings. The molecule has 0 aliphatic carbocycles. The lowest BCUT2D eigenvalue weighted by Crippen LogP contribution is -2.48. The molecule has 15 nitrogen and oxygen atoms in total. The predicted octanol–water partition coefficient (Wildman–Crippen LogP) is -1.91. The molecule has 0 saturated carbocycles. The molecule has 0 aromatic heterocycles. The number of hydrogen-bond donors (Lipinski definition) is 3. The molecular formula is C5H5N7O8. The van der Waals surface area contributed by atoms with E-state index in [-0.39, 0.29) is 0 Å². The topological polar surface area (TPSA) is 209 Å². The molecule has 15 heteroatoms. The van der Waals surface area contributed by atoms with Gasteiger partial charge in [0.15, 0.2) is 0 Å². The van der Waals surface area contributed by atoms with E-state index in [0.717, 1.165) is 0 Å². The number of nitro groups is 4. The molecule has 0 spiro atoms. The largest absolute Gasteiger partial charge is 0.599 e. The molecular weight excluding hydrogens is 286 g/mol. The number of hydrogen-bond acceptors (Lipinski definition) is 11. The van der Waals surface area contributed by atoms with E-state index in [1.165, 1.54) is 0 Å². The first-order valence-corrected chi connectivity index (χ1v) is 4.56. The van der Waals surface area contributed by atoms with Gasteiger partial charge in [-0.1, -0.05) is 0 Å². The lowest BCUT2D eigenvalue weighted by atomic mass is 10.5. The van der Waals surface area contributed by atoms with Gasteiger partial charge in [-0.15, -0.1) is 0 Å². The first-order chi connectivity index (χ1) is 9.25. The molecule has 108 valence electrons. The summed E-state index contributed by atoms with van der Waals surface area (Å²) in [6.07, 6.45) is 0. The smallest absolute Gasteiger partial charge is 0.343 e. The molecule has 0 unspecified atom stereocenters. The maximum absolute atomic E-state index is 10.5. The summed E-state index contributed by atoms with van der Waals surface area (Å²) in [6.45, 7) is -0.423. The van der Waals surface area contributed by atoms with E-state index in [9.17, 15) is 40.5 Å². The minimum Gasteiger partial charge on any atom is -0.343 e. The Bertz CT molecular complexity index is 484. The van der Waals surface area contributed by atoms with Gasteiger partial charge in [0.2, 0.25) is 0 Å². The predicted molar refractivity (Wildman–Crippen MR) is 56.3 cm³/mol. The van der Waals surface area contributed by atoms with Gasteiger partial charge in [0.25, 0.3) is 11.6 Å². The molecule has 1 aliphatic heterocycles. The standard InChI is InChI=1S/C5H5N7O8/c13-9(14)4(10(15)16)2-6-1-7-3(8-2)5(11(17)18)12(19)20/h6-8H,1H2. The van der Waals surface area contributed by atoms with Crippen molar-refractivity contribution >= 4 is 0 Å². The Kier molecular flexibility index (Phi) is 3.94. The molecule has 0 aromatic carbocycles. The number of rotatable bonds is 4. The van der Waals surface area contributed by atoms with Crippen molar-refractivity contribution in [1.29, 1.82) is 0 Å². The fourth-order valence-electron chi connectivity index (χ4n) is 1.20. The number of nitrogens with one attached hydrogen (secondary N) is 3. The van der Waals surface area contributed by atoms with E-state index < -0.39 is 49.6 Å². The summed E-state index contributed by atoms with van der Waals surface area (Å²) in [4.78, 5) is 36.6. The minimum atomic E-state index is -1.53. The quantitative estimate of drug-likeness (QED) is 0.384. The maximum Gasteiger partial charge on any atom is 0.599 e. The molecule has 1 fully saturated rings. The van der Waals surface area contributed by atoms with Gasteiger partial charge in [0.1, 0.15) is 19.7 Å². The lowest BCUT2D eigenvalue weighted by molar-refractivity contribution is -0.619. The average Bonchev–Trinajstić information content (AvgIpc) is 2.27. The summed E-state index contributed by atoms with van der Waals surface area (Å²) in [5.74, 6) is -4.69. The molecule has 1 saturated heterocycles. The Labute approximate surface area is 107 Å². The van der Waals surface area contributed by atoms with E-state index in [4.69, 9.17) is 0 Å². The second-order valence-electron chi connectivity index (χ2n) is 3.08. The van der Waals surface area contributed by atoms with Crippen molar-refractivity contribution in [3.05, 3.63) is 63.7 Å². The van der Waals surface area contributed by atoms with E-state index in [0.29, 0.717) is 0 Å². The van der Waals surface area contributed by atoms with Gasteiger partial charge in [0, 0.05) is 0 Å². The molecule has 20 heavy (non-hydrogen) atoms. The van der Waals surface area contributed by atoms with Gasteiger partial charge in [-0.3, -0.25) is 40.5 Å². The molecule has 3 N–H and O–H groups in total. The third-order valence-corrected chi connectivity index (χ3v) is 1.92. The normalized spacial score (nSPS) is 13.4. The first-order valence-electron chi connectivity index (χ1n) is 4.56. The van der Waals surface area contributed by atoms with Crippen LogP contribution in [0, 0.1) is 40.5 Å². The summed E-state index contributed by atoms with van der Waals surface area (Å²) in [5.41, 5.74) is 0. The second kappa shape index (κ2) is 5.42. The average molecular weight is 291 g/mol. The van der Waals surface area contributed by atoms with Crippen molar-refractivity contribution in [3.8, 4) is 0 Å². The van der Waals surface area contributed by atoms with Crippen LogP contribution in [-0.2, 0) is 0 Å². The van der Waals surface area contributed by atoms with Gasteiger partial charge < -0.3 is 16.0 Å². The van der Waals surface area contributed by atoms with Gasteiger partial charge in [-0.2, -0.15) is 0 Å². The van der Waals surface area contributed by atoms with Crippen LogP contribution in [0.25, 0.3) is 0 Å². The zero-order chi connectivity index (χ0) is 15.4. The highest BCUT2D eigenvalue weighted by Crippen LogP contribution is 2.09. The van der Waals surface area contributed by atoms with Gasteiger partial charge >= 0.3 is 11.6 Å². The molecule has 1 heterocycles. The third kappa shape index (κ3) is 2.83. The van der Waals surface area contributed by atoms with E-state index in [1.54, 1.807) is 0 Å². The Hall–Kier alpha value is -3.52. The zero-order valence-corrected chi connectivity index (χ0v) is 9.26. The SMILES string of the molecule is O=[N+]([O-])C(=C1NCNC(=C([N+](=O)[O-])[N+](=O)[O-])N1)[N+](=O)[O-]. The van der Waals surface area contributed by atoms with Gasteiger partial charge in [0.05, 0.1) is 6.67 Å². The van der Waals surface area contributed by atoms with Crippen LogP contribution in [0.3, 0.4) is 0 Å². The summed E-state index contributed by atoms with van der Waals surface area (Å²) in [5, 5.41) is 48.2. The fraction of sp³-hybridized carbons (Fsp3) is 0.200. The third-order valence-electron chi connectivity index (χ3n) is 1.92. The zero-order valence-electron chi connectivity index (χ0n) is 9.26. The molecule has 1 rings (SSSR count). The van der Waals surface area contributed by atoms with Crippen LogP contribution in [0.5, 0.6) is 0 Å². The Morgan fingerprint density at radius 2 is 1.05 bits per heavy atom. The highest BCUT2D eigenvalue weighted by Gasteiger charge is 2.40. The van der Waals surface area contributed by atoms with Crippen LogP contribution in [0.4, 0.5) is 0 Å². The van der Waals surface area contributed by atoms with Crippen LogP contribution in [0.1, 0.15) is 0 Å². The van der Waals surface area contributed by atoms with Crippen LogP contribution >= 0.6 is 0 Å². The van der Waals surface area contributed by atoms with Crippen molar-refractivity contribution in [2.45, 2.75) is 0 Å². The van der Waals surface area contributed by atoms with Crippen molar-refractivity contribution in [2.24, 2.45) is 0 Å². The van der Waals surface area contributed by atoms with Crippen molar-refractivity contribution in [3.63, 3.8) is 0 Å². The molecule has 0 radical (unpaired) electrons. The van der Waals surface area contributed by atoms with Crippen molar-refractivity contribution < 1.29 is 19.7 Å². The summed E-state index contributed by atoms with van der Waals surface area (Å²) in [7, 11) is 0. The van der Waals surface area contributed by atoms with E-state index in [1.807, 2.05) is 5.32 Å². The van der Waals surface area contributed by atoms with Gasteiger partial charge in [-0.25, -0.2) is 0 Å². The lowest BCUT2D eigenvalue weighted by Gasteiger charge is -2.18. The Morgan fingerprint density at radius 3 is 1.30 bits per heavy atom. The van der Waals surface area contributed by atoms with Crippen molar-refractivity contribution in [1.82, 2.24) is 16.0 Å². The summed E-state index contributed by atoms with van der Waals surface area (Å²) < 4.78 is 0. The molecule has 0 amide bonds. The highest BCUT2D eigenvalue weighted by atomic mass is 16.7. The van der Waals surface area contributed by atoms with Crippen LogP contribution < -0.4 is 16.0 Å². The molecule has 0 bridgehead atoms.